The van der Waals surface area contributed by atoms with Crippen molar-refractivity contribution in [1.29, 1.82) is 0 Å². The molecule has 1 fully saturated rings. The molecule has 0 aliphatic carbocycles. The Morgan fingerprint density at radius 1 is 1.45 bits per heavy atom. The van der Waals surface area contributed by atoms with Crippen LogP contribution in [0, 0.1) is 6.92 Å². The lowest BCUT2D eigenvalue weighted by Gasteiger charge is -2.24. The minimum absolute atomic E-state index is 0.211. The predicted octanol–water partition coefficient (Wildman–Crippen LogP) is 3.49. The fraction of sp³-hybridized carbons (Fsp3) is 0.600. The molecule has 1 amide bonds. The zero-order valence-electron chi connectivity index (χ0n) is 12.5. The second-order valence-corrected chi connectivity index (χ2v) is 7.45. The number of thioether (sulfide) groups is 1. The first-order valence-corrected chi connectivity index (χ1v) is 7.79. The van der Waals surface area contributed by atoms with Crippen molar-refractivity contribution in [2.45, 2.75) is 50.0 Å². The third-order valence-corrected chi connectivity index (χ3v) is 4.17. The van der Waals surface area contributed by atoms with Crippen LogP contribution < -0.4 is 0 Å². The van der Waals surface area contributed by atoms with E-state index in [9.17, 15) is 4.79 Å². The van der Waals surface area contributed by atoms with Gasteiger partial charge in [-0.25, -0.2) is 9.78 Å². The molecule has 0 N–H and O–H groups in total. The van der Waals surface area contributed by atoms with Crippen LogP contribution in [0.3, 0.4) is 0 Å². The molecular formula is C15H22N2O2S. The first kappa shape index (κ1) is 15.2. The van der Waals surface area contributed by atoms with Crippen LogP contribution in [-0.2, 0) is 4.74 Å². The summed E-state index contributed by atoms with van der Waals surface area (Å²) in [6.45, 7) is 9.20. The summed E-state index contributed by atoms with van der Waals surface area (Å²) in [5.41, 5.74) is 0.733. The van der Waals surface area contributed by atoms with Crippen molar-refractivity contribution in [3.05, 3.63) is 23.9 Å². The number of hydrogen-bond acceptors (Lipinski definition) is 4. The number of likely N-dealkylation sites (tertiary alicyclic amines) is 1. The number of ether oxygens (including phenoxy) is 1. The van der Waals surface area contributed by atoms with Crippen molar-refractivity contribution < 1.29 is 9.53 Å². The largest absolute Gasteiger partial charge is 0.444 e. The molecule has 0 aromatic carbocycles. The zero-order valence-corrected chi connectivity index (χ0v) is 13.4. The lowest BCUT2D eigenvalue weighted by Crippen LogP contribution is -2.35. The molecule has 1 aromatic rings. The van der Waals surface area contributed by atoms with E-state index < -0.39 is 5.60 Å². The zero-order chi connectivity index (χ0) is 14.8. The van der Waals surface area contributed by atoms with Gasteiger partial charge in [0.2, 0.25) is 0 Å². The van der Waals surface area contributed by atoms with Gasteiger partial charge >= 0.3 is 6.09 Å². The maximum absolute atomic E-state index is 12.0. The van der Waals surface area contributed by atoms with E-state index in [0.29, 0.717) is 5.25 Å². The molecule has 1 aliphatic rings. The monoisotopic (exact) mass is 294 g/mol. The van der Waals surface area contributed by atoms with Gasteiger partial charge in [-0.05, 0) is 45.7 Å². The smallest absolute Gasteiger partial charge is 0.410 e. The fourth-order valence-corrected chi connectivity index (χ4v) is 3.09. The maximum atomic E-state index is 12.0. The van der Waals surface area contributed by atoms with Crippen LogP contribution in [-0.4, -0.2) is 39.9 Å². The quantitative estimate of drug-likeness (QED) is 0.837. The number of nitrogens with zero attached hydrogens (tertiary/aromatic N) is 2. The molecule has 4 nitrogen and oxygen atoms in total. The minimum atomic E-state index is -0.430. The van der Waals surface area contributed by atoms with Crippen molar-refractivity contribution in [3.8, 4) is 0 Å². The molecular weight excluding hydrogens is 272 g/mol. The Kier molecular flexibility index (Phi) is 4.58. The van der Waals surface area contributed by atoms with E-state index in [0.717, 1.165) is 30.1 Å². The van der Waals surface area contributed by atoms with Gasteiger partial charge in [0, 0.05) is 24.5 Å². The molecule has 0 radical (unpaired) electrons. The number of amides is 1. The van der Waals surface area contributed by atoms with Crippen molar-refractivity contribution in [1.82, 2.24) is 9.88 Å². The van der Waals surface area contributed by atoms with Gasteiger partial charge in [-0.2, -0.15) is 0 Å². The van der Waals surface area contributed by atoms with E-state index >= 15 is 0 Å². The van der Waals surface area contributed by atoms with Crippen LogP contribution in [0.25, 0.3) is 0 Å². The lowest BCUT2D eigenvalue weighted by atomic mass is 10.2. The number of rotatable bonds is 2. The molecule has 1 atom stereocenters. The summed E-state index contributed by atoms with van der Waals surface area (Å²) >= 11 is 1.74. The summed E-state index contributed by atoms with van der Waals surface area (Å²) in [6, 6.07) is 4.10. The second-order valence-electron chi connectivity index (χ2n) is 6.13. The highest BCUT2D eigenvalue weighted by Crippen LogP contribution is 2.29. The van der Waals surface area contributed by atoms with Gasteiger partial charge in [0.15, 0.2) is 0 Å². The third-order valence-electron chi connectivity index (χ3n) is 2.97. The number of hydrogen-bond donors (Lipinski definition) is 0. The number of pyridine rings is 1. The first-order chi connectivity index (χ1) is 9.33. The summed E-state index contributed by atoms with van der Waals surface area (Å²) in [4.78, 5) is 18.2. The van der Waals surface area contributed by atoms with Crippen molar-refractivity contribution in [2.24, 2.45) is 0 Å². The third kappa shape index (κ3) is 4.40. The molecule has 1 aliphatic heterocycles. The Bertz CT molecular complexity index is 468. The van der Waals surface area contributed by atoms with E-state index in [1.165, 1.54) is 0 Å². The van der Waals surface area contributed by atoms with Gasteiger partial charge in [0.1, 0.15) is 5.60 Å². The average molecular weight is 294 g/mol. The van der Waals surface area contributed by atoms with Gasteiger partial charge in [-0.15, -0.1) is 11.8 Å². The molecule has 0 spiro atoms. The summed E-state index contributed by atoms with van der Waals surface area (Å²) < 4.78 is 5.40. The molecule has 0 saturated carbocycles. The molecule has 2 rings (SSSR count). The molecule has 20 heavy (non-hydrogen) atoms. The van der Waals surface area contributed by atoms with Crippen molar-refractivity contribution in [3.63, 3.8) is 0 Å². The number of aromatic nitrogens is 1. The topological polar surface area (TPSA) is 42.4 Å². The SMILES string of the molecule is Cc1ccc(S[C@H]2CCN(C(=O)OC(C)(C)C)C2)nc1. The standard InChI is InChI=1S/C15H22N2O2S/c1-11-5-6-13(16-9-11)20-12-7-8-17(10-12)14(18)19-15(2,3)4/h5-6,9,12H,7-8,10H2,1-4H3/t12-/m0/s1. The molecule has 110 valence electrons. The van der Waals surface area contributed by atoms with Crippen LogP contribution in [0.2, 0.25) is 0 Å². The van der Waals surface area contributed by atoms with Gasteiger partial charge in [0.25, 0.3) is 0 Å². The molecule has 1 aromatic heterocycles. The van der Waals surface area contributed by atoms with Crippen molar-refractivity contribution >= 4 is 17.9 Å². The van der Waals surface area contributed by atoms with Crippen LogP contribution in [0.5, 0.6) is 0 Å². The van der Waals surface area contributed by atoms with Gasteiger partial charge in [-0.3, -0.25) is 0 Å². The highest BCUT2D eigenvalue weighted by Gasteiger charge is 2.30. The summed E-state index contributed by atoms with van der Waals surface area (Å²) in [6.07, 6.45) is 2.65. The van der Waals surface area contributed by atoms with E-state index in [1.807, 2.05) is 40.0 Å². The Labute approximate surface area is 124 Å². The first-order valence-electron chi connectivity index (χ1n) is 6.91. The van der Waals surface area contributed by atoms with Gasteiger partial charge < -0.3 is 9.64 Å². The summed E-state index contributed by atoms with van der Waals surface area (Å²) in [5, 5.41) is 1.42. The Morgan fingerprint density at radius 3 is 2.80 bits per heavy atom. The van der Waals surface area contributed by atoms with Crippen molar-refractivity contribution in [2.75, 3.05) is 13.1 Å². The maximum Gasteiger partial charge on any atom is 0.410 e. The second kappa shape index (κ2) is 6.04. The van der Waals surface area contributed by atoms with Crippen LogP contribution in [0.4, 0.5) is 4.79 Å². The molecule has 2 heterocycles. The normalized spacial score (nSPS) is 19.2. The molecule has 0 unspecified atom stereocenters. The highest BCUT2D eigenvalue weighted by molar-refractivity contribution is 7.99. The average Bonchev–Trinajstić information content (AvgIpc) is 2.79. The highest BCUT2D eigenvalue weighted by atomic mass is 32.2. The van der Waals surface area contributed by atoms with E-state index in [2.05, 4.69) is 11.1 Å². The van der Waals surface area contributed by atoms with Crippen LogP contribution >= 0.6 is 11.8 Å². The molecule has 5 heteroatoms. The van der Waals surface area contributed by atoms with E-state index in [1.54, 1.807) is 16.7 Å². The van der Waals surface area contributed by atoms with Crippen LogP contribution in [0.1, 0.15) is 32.8 Å². The number of carbonyl (C=O) groups is 1. The number of carbonyl (C=O) groups excluding carboxylic acids is 1. The minimum Gasteiger partial charge on any atom is -0.444 e. The summed E-state index contributed by atoms with van der Waals surface area (Å²) in [5.74, 6) is 0. The van der Waals surface area contributed by atoms with Gasteiger partial charge in [-0.1, -0.05) is 6.07 Å². The Hall–Kier alpha value is -1.23. The molecule has 0 bridgehead atoms. The predicted molar refractivity (Wildman–Crippen MR) is 81.0 cm³/mol. The lowest BCUT2D eigenvalue weighted by molar-refractivity contribution is 0.0295. The van der Waals surface area contributed by atoms with Gasteiger partial charge in [0.05, 0.1) is 5.03 Å². The Balaban J connectivity index is 1.86. The van der Waals surface area contributed by atoms with Crippen LogP contribution in [0.15, 0.2) is 23.4 Å². The number of aryl methyl sites for hydroxylation is 1. The summed E-state index contributed by atoms with van der Waals surface area (Å²) in [7, 11) is 0. The Morgan fingerprint density at radius 2 is 2.20 bits per heavy atom. The van der Waals surface area contributed by atoms with E-state index in [4.69, 9.17) is 4.74 Å². The molecule has 1 saturated heterocycles. The van der Waals surface area contributed by atoms with E-state index in [-0.39, 0.29) is 6.09 Å². The fourth-order valence-electron chi connectivity index (χ4n) is 2.01.